The molecule has 0 radical (unpaired) electrons. The zero-order chi connectivity index (χ0) is 18.8. The molecule has 0 spiro atoms. The minimum Gasteiger partial charge on any atom is -0.322 e. The van der Waals surface area contributed by atoms with E-state index in [1.165, 1.54) is 4.70 Å². The van der Waals surface area contributed by atoms with Crippen LogP contribution >= 0.6 is 11.3 Å². The number of piperazine rings is 1. The zero-order valence-electron chi connectivity index (χ0n) is 15.7. The molecule has 7 nitrogen and oxygen atoms in total. The molecule has 0 bridgehead atoms. The van der Waals surface area contributed by atoms with Crippen LogP contribution in [0.5, 0.6) is 0 Å². The van der Waals surface area contributed by atoms with Crippen LogP contribution in [0.25, 0.3) is 10.2 Å². The van der Waals surface area contributed by atoms with E-state index in [9.17, 15) is 4.79 Å². The Kier molecular flexibility index (Phi) is 5.20. The highest BCUT2D eigenvalue weighted by molar-refractivity contribution is 7.18. The average molecular weight is 385 g/mol. The van der Waals surface area contributed by atoms with Crippen LogP contribution in [0.2, 0.25) is 0 Å². The number of hydrogen-bond donors (Lipinski definition) is 2. The van der Waals surface area contributed by atoms with Gasteiger partial charge in [0.2, 0.25) is 5.91 Å². The second kappa shape index (κ2) is 7.75. The summed E-state index contributed by atoms with van der Waals surface area (Å²) in [5.41, 5.74) is 3.59. The van der Waals surface area contributed by atoms with Crippen molar-refractivity contribution in [3.63, 3.8) is 0 Å². The summed E-state index contributed by atoms with van der Waals surface area (Å²) >= 11 is 1.77. The van der Waals surface area contributed by atoms with Crippen molar-refractivity contribution in [1.82, 2.24) is 25.0 Å². The van der Waals surface area contributed by atoms with Gasteiger partial charge < -0.3 is 5.32 Å². The number of amides is 1. The van der Waals surface area contributed by atoms with Gasteiger partial charge in [0.05, 0.1) is 40.4 Å². The van der Waals surface area contributed by atoms with Crippen molar-refractivity contribution in [2.45, 2.75) is 20.4 Å². The number of hydrogen-bond acceptors (Lipinski definition) is 6. The molecule has 0 atom stereocenters. The molecule has 1 aliphatic heterocycles. The fourth-order valence-electron chi connectivity index (χ4n) is 3.40. The van der Waals surface area contributed by atoms with Crippen LogP contribution in [0.3, 0.4) is 0 Å². The van der Waals surface area contributed by atoms with Crippen LogP contribution in [0.1, 0.15) is 16.4 Å². The molecular formula is C19H24N6OS. The topological polar surface area (TPSA) is 77.2 Å². The Bertz CT molecular complexity index is 888. The predicted molar refractivity (Wildman–Crippen MR) is 108 cm³/mol. The minimum atomic E-state index is 0.0159. The minimum absolute atomic E-state index is 0.0159. The number of nitrogens with zero attached hydrogens (tertiary/aromatic N) is 4. The van der Waals surface area contributed by atoms with Crippen LogP contribution in [-0.4, -0.2) is 63.6 Å². The van der Waals surface area contributed by atoms with Crippen molar-refractivity contribution in [3.8, 4) is 0 Å². The number of nitrogens with one attached hydrogen (secondary N) is 2. The molecule has 8 heteroatoms. The number of aromatic nitrogens is 3. The summed E-state index contributed by atoms with van der Waals surface area (Å²) in [7, 11) is 0. The van der Waals surface area contributed by atoms with Crippen LogP contribution in [-0.2, 0) is 11.3 Å². The van der Waals surface area contributed by atoms with Gasteiger partial charge in [-0.25, -0.2) is 4.98 Å². The lowest BCUT2D eigenvalue weighted by atomic mass is 10.3. The first-order valence-electron chi connectivity index (χ1n) is 9.19. The summed E-state index contributed by atoms with van der Waals surface area (Å²) in [6.07, 6.45) is 0. The SMILES string of the molecule is Cc1n[nH]c(C)c1NC(=O)CN1CCN(Cc2nc3ccccc3s2)CC1. The first-order valence-corrected chi connectivity index (χ1v) is 10.0. The summed E-state index contributed by atoms with van der Waals surface area (Å²) < 4.78 is 1.24. The van der Waals surface area contributed by atoms with Gasteiger partial charge in [-0.3, -0.25) is 19.7 Å². The monoisotopic (exact) mass is 384 g/mol. The van der Waals surface area contributed by atoms with Crippen molar-refractivity contribution in [1.29, 1.82) is 0 Å². The van der Waals surface area contributed by atoms with Crippen LogP contribution in [0.4, 0.5) is 5.69 Å². The third-order valence-electron chi connectivity index (χ3n) is 4.92. The first kappa shape index (κ1) is 18.1. The second-order valence-corrected chi connectivity index (χ2v) is 8.10. The molecule has 0 unspecified atom stereocenters. The van der Waals surface area contributed by atoms with Crippen molar-refractivity contribution in [3.05, 3.63) is 40.7 Å². The van der Waals surface area contributed by atoms with E-state index in [1.54, 1.807) is 11.3 Å². The van der Waals surface area contributed by atoms with Crippen molar-refractivity contribution in [2.24, 2.45) is 0 Å². The molecule has 142 valence electrons. The maximum absolute atomic E-state index is 12.3. The van der Waals surface area contributed by atoms with E-state index >= 15 is 0 Å². The number of rotatable bonds is 5. The van der Waals surface area contributed by atoms with Crippen molar-refractivity contribution in [2.75, 3.05) is 38.0 Å². The predicted octanol–water partition coefficient (Wildman–Crippen LogP) is 2.39. The molecule has 2 aromatic heterocycles. The molecule has 4 rings (SSSR count). The van der Waals surface area contributed by atoms with Crippen molar-refractivity contribution < 1.29 is 4.79 Å². The number of carbonyl (C=O) groups is 1. The number of anilines is 1. The Balaban J connectivity index is 1.26. The third-order valence-corrected chi connectivity index (χ3v) is 5.94. The quantitative estimate of drug-likeness (QED) is 0.706. The molecule has 1 aliphatic rings. The number of aryl methyl sites for hydroxylation is 2. The van der Waals surface area contributed by atoms with Crippen LogP contribution in [0, 0.1) is 13.8 Å². The van der Waals surface area contributed by atoms with Gasteiger partial charge in [-0.1, -0.05) is 12.1 Å². The van der Waals surface area contributed by atoms with E-state index in [2.05, 4.69) is 43.5 Å². The van der Waals surface area contributed by atoms with Gasteiger partial charge in [-0.2, -0.15) is 5.10 Å². The number of fused-ring (bicyclic) bond motifs is 1. The van der Waals surface area contributed by atoms with Gasteiger partial charge in [-0.05, 0) is 26.0 Å². The van der Waals surface area contributed by atoms with Gasteiger partial charge in [0.25, 0.3) is 0 Å². The Morgan fingerprint density at radius 2 is 1.93 bits per heavy atom. The van der Waals surface area contributed by atoms with E-state index in [0.717, 1.165) is 60.3 Å². The Morgan fingerprint density at radius 1 is 1.19 bits per heavy atom. The summed E-state index contributed by atoms with van der Waals surface area (Å²) in [5, 5.41) is 11.1. The lowest BCUT2D eigenvalue weighted by Crippen LogP contribution is -2.48. The number of carbonyl (C=O) groups excluding carboxylic acids is 1. The second-order valence-electron chi connectivity index (χ2n) is 6.98. The molecule has 3 aromatic rings. The van der Waals surface area contributed by atoms with Crippen molar-refractivity contribution >= 4 is 33.1 Å². The summed E-state index contributed by atoms with van der Waals surface area (Å²) in [4.78, 5) is 21.7. The fourth-order valence-corrected chi connectivity index (χ4v) is 4.41. The van der Waals surface area contributed by atoms with Gasteiger partial charge in [0.15, 0.2) is 0 Å². The summed E-state index contributed by atoms with van der Waals surface area (Å²) in [5.74, 6) is 0.0159. The standard InChI is InChI=1S/C19H24N6OS/c1-13-19(14(2)23-22-13)21-17(26)11-24-7-9-25(10-8-24)12-18-20-15-5-3-4-6-16(15)27-18/h3-6H,7-12H2,1-2H3,(H,21,26)(H,22,23). The lowest BCUT2D eigenvalue weighted by Gasteiger charge is -2.33. The highest BCUT2D eigenvalue weighted by atomic mass is 32.1. The molecule has 27 heavy (non-hydrogen) atoms. The summed E-state index contributed by atoms with van der Waals surface area (Å²) in [6.45, 7) is 8.78. The van der Waals surface area contributed by atoms with E-state index in [1.807, 2.05) is 19.9 Å². The van der Waals surface area contributed by atoms with Crippen LogP contribution < -0.4 is 5.32 Å². The molecule has 2 N–H and O–H groups in total. The Hall–Kier alpha value is -2.29. The number of benzene rings is 1. The van der Waals surface area contributed by atoms with E-state index in [0.29, 0.717) is 6.54 Å². The molecule has 1 fully saturated rings. The number of thiazole rings is 1. The maximum atomic E-state index is 12.3. The molecule has 1 aromatic carbocycles. The molecule has 1 saturated heterocycles. The molecule has 1 amide bonds. The Morgan fingerprint density at radius 3 is 2.63 bits per heavy atom. The number of aromatic amines is 1. The van der Waals surface area contributed by atoms with Gasteiger partial charge in [-0.15, -0.1) is 11.3 Å². The zero-order valence-corrected chi connectivity index (χ0v) is 16.5. The van der Waals surface area contributed by atoms with Gasteiger partial charge in [0.1, 0.15) is 5.01 Å². The van der Waals surface area contributed by atoms with Gasteiger partial charge >= 0.3 is 0 Å². The normalized spacial score (nSPS) is 16.1. The third kappa shape index (κ3) is 4.18. The van der Waals surface area contributed by atoms with E-state index < -0.39 is 0 Å². The van der Waals surface area contributed by atoms with Gasteiger partial charge in [0, 0.05) is 26.2 Å². The molecule has 0 saturated carbocycles. The van der Waals surface area contributed by atoms with E-state index in [4.69, 9.17) is 4.98 Å². The molecular weight excluding hydrogens is 360 g/mol. The van der Waals surface area contributed by atoms with E-state index in [-0.39, 0.29) is 5.91 Å². The maximum Gasteiger partial charge on any atom is 0.238 e. The summed E-state index contributed by atoms with van der Waals surface area (Å²) in [6, 6.07) is 8.27. The smallest absolute Gasteiger partial charge is 0.238 e. The lowest BCUT2D eigenvalue weighted by molar-refractivity contribution is -0.117. The average Bonchev–Trinajstić information content (AvgIpc) is 3.20. The molecule has 3 heterocycles. The highest BCUT2D eigenvalue weighted by Gasteiger charge is 2.21. The highest BCUT2D eigenvalue weighted by Crippen LogP contribution is 2.23. The molecule has 0 aliphatic carbocycles. The first-order chi connectivity index (χ1) is 13.1. The Labute approximate surface area is 162 Å². The number of H-pyrrole nitrogens is 1. The largest absolute Gasteiger partial charge is 0.322 e. The fraction of sp³-hybridized carbons (Fsp3) is 0.421. The number of para-hydroxylation sites is 1. The van der Waals surface area contributed by atoms with Crippen LogP contribution in [0.15, 0.2) is 24.3 Å².